The predicted octanol–water partition coefficient (Wildman–Crippen LogP) is 2.96. The van der Waals surface area contributed by atoms with Gasteiger partial charge >= 0.3 is 0 Å². The number of hydrogen-bond acceptors (Lipinski definition) is 2. The van der Waals surface area contributed by atoms with Crippen molar-refractivity contribution < 1.29 is 14.0 Å². The molecule has 2 heterocycles. The summed E-state index contributed by atoms with van der Waals surface area (Å²) in [4.78, 5) is 28.6. The molecular formula is C20H27FN2O2. The number of nitrogens with zero attached hydrogens (tertiary/aromatic N) is 2. The van der Waals surface area contributed by atoms with Crippen LogP contribution in [0.15, 0.2) is 30.3 Å². The second kappa shape index (κ2) is 8.45. The van der Waals surface area contributed by atoms with E-state index < -0.39 is 12.2 Å². The maximum atomic E-state index is 13.9. The smallest absolute Gasteiger partial charge is 0.245 e. The number of halogens is 1. The molecule has 0 saturated carbocycles. The van der Waals surface area contributed by atoms with Crippen LogP contribution in [0, 0.1) is 0 Å². The molecule has 0 aromatic heterocycles. The topological polar surface area (TPSA) is 40.6 Å². The summed E-state index contributed by atoms with van der Waals surface area (Å²) in [7, 11) is 0. The molecule has 0 spiro atoms. The summed E-state index contributed by atoms with van der Waals surface area (Å²) in [5.41, 5.74) is 1.20. The average Bonchev–Trinajstić information content (AvgIpc) is 3.04. The minimum absolute atomic E-state index is 0.0590. The van der Waals surface area contributed by atoms with Gasteiger partial charge in [-0.15, -0.1) is 0 Å². The first-order chi connectivity index (χ1) is 12.1. The first-order valence-electron chi connectivity index (χ1n) is 9.41. The van der Waals surface area contributed by atoms with Gasteiger partial charge in [0.05, 0.1) is 6.54 Å². The normalized spacial score (nSPS) is 23.7. The zero-order chi connectivity index (χ0) is 17.6. The Morgan fingerprint density at radius 2 is 1.80 bits per heavy atom. The number of benzene rings is 1. The lowest BCUT2D eigenvalue weighted by Gasteiger charge is -2.32. The lowest BCUT2D eigenvalue weighted by molar-refractivity contribution is -0.144. The molecule has 136 valence electrons. The Bertz CT molecular complexity index is 587. The van der Waals surface area contributed by atoms with Crippen LogP contribution in [-0.2, 0) is 16.0 Å². The van der Waals surface area contributed by atoms with Gasteiger partial charge in [-0.25, -0.2) is 4.39 Å². The van der Waals surface area contributed by atoms with Crippen molar-refractivity contribution >= 4 is 11.8 Å². The van der Waals surface area contributed by atoms with Crippen molar-refractivity contribution in [3.8, 4) is 0 Å². The molecule has 2 atom stereocenters. The molecule has 2 aliphatic heterocycles. The Kier molecular flexibility index (Phi) is 6.05. The number of hydrogen-bond donors (Lipinski definition) is 0. The number of aryl methyl sites for hydroxylation is 1. The minimum atomic E-state index is -1.09. The van der Waals surface area contributed by atoms with Crippen LogP contribution in [-0.4, -0.2) is 53.5 Å². The first-order valence-corrected chi connectivity index (χ1v) is 9.41. The van der Waals surface area contributed by atoms with E-state index in [-0.39, 0.29) is 24.8 Å². The van der Waals surface area contributed by atoms with Gasteiger partial charge in [-0.05, 0) is 37.7 Å². The molecule has 4 nitrogen and oxygen atoms in total. The van der Waals surface area contributed by atoms with Crippen LogP contribution >= 0.6 is 0 Å². The molecule has 2 amide bonds. The Morgan fingerprint density at radius 1 is 1.08 bits per heavy atom. The molecule has 3 rings (SSSR count). The van der Waals surface area contributed by atoms with Crippen LogP contribution in [0.3, 0.4) is 0 Å². The lowest BCUT2D eigenvalue weighted by Crippen LogP contribution is -2.49. The van der Waals surface area contributed by atoms with Crippen LogP contribution in [0.25, 0.3) is 0 Å². The third kappa shape index (κ3) is 4.59. The third-order valence-electron chi connectivity index (χ3n) is 5.22. The third-order valence-corrected chi connectivity index (χ3v) is 5.22. The maximum absolute atomic E-state index is 13.9. The molecule has 25 heavy (non-hydrogen) atoms. The van der Waals surface area contributed by atoms with Crippen molar-refractivity contribution in [1.29, 1.82) is 0 Å². The quantitative estimate of drug-likeness (QED) is 0.822. The van der Waals surface area contributed by atoms with Crippen molar-refractivity contribution in [2.75, 3.05) is 19.6 Å². The molecule has 1 aromatic rings. The molecule has 0 N–H and O–H groups in total. The second-order valence-corrected chi connectivity index (χ2v) is 7.12. The summed E-state index contributed by atoms with van der Waals surface area (Å²) in [6, 6.07) is 9.42. The molecule has 1 aromatic carbocycles. The average molecular weight is 346 g/mol. The van der Waals surface area contributed by atoms with Crippen LogP contribution in [0.4, 0.5) is 4.39 Å². The van der Waals surface area contributed by atoms with Gasteiger partial charge < -0.3 is 9.80 Å². The summed E-state index contributed by atoms with van der Waals surface area (Å²) in [5.74, 6) is -0.150. The highest BCUT2D eigenvalue weighted by Crippen LogP contribution is 2.25. The largest absolute Gasteiger partial charge is 0.341 e. The molecule has 0 radical (unpaired) electrons. The van der Waals surface area contributed by atoms with Crippen molar-refractivity contribution in [3.05, 3.63) is 35.9 Å². The van der Waals surface area contributed by atoms with Crippen molar-refractivity contribution in [2.24, 2.45) is 0 Å². The van der Waals surface area contributed by atoms with Crippen LogP contribution < -0.4 is 0 Å². The highest BCUT2D eigenvalue weighted by atomic mass is 19.1. The van der Waals surface area contributed by atoms with Crippen molar-refractivity contribution in [1.82, 2.24) is 9.80 Å². The summed E-state index contributed by atoms with van der Waals surface area (Å²) in [6.07, 6.45) is 4.13. The number of piperidine rings is 1. The molecule has 0 bridgehead atoms. The molecule has 0 unspecified atom stereocenters. The van der Waals surface area contributed by atoms with Crippen molar-refractivity contribution in [3.63, 3.8) is 0 Å². The Labute approximate surface area is 149 Å². The van der Waals surface area contributed by atoms with Gasteiger partial charge in [0.1, 0.15) is 12.2 Å². The molecule has 2 fully saturated rings. The molecular weight excluding hydrogens is 319 g/mol. The monoisotopic (exact) mass is 346 g/mol. The van der Waals surface area contributed by atoms with E-state index in [2.05, 4.69) is 0 Å². The van der Waals surface area contributed by atoms with E-state index in [9.17, 15) is 14.0 Å². The van der Waals surface area contributed by atoms with E-state index in [1.54, 1.807) is 0 Å². The fraction of sp³-hybridized carbons (Fsp3) is 0.600. The van der Waals surface area contributed by atoms with E-state index in [0.29, 0.717) is 6.42 Å². The fourth-order valence-corrected chi connectivity index (χ4v) is 3.85. The molecule has 5 heteroatoms. The van der Waals surface area contributed by atoms with Gasteiger partial charge in [0.25, 0.3) is 0 Å². The Hall–Kier alpha value is -1.91. The zero-order valence-electron chi connectivity index (χ0n) is 14.7. The van der Waals surface area contributed by atoms with Crippen molar-refractivity contribution in [2.45, 2.75) is 57.2 Å². The van der Waals surface area contributed by atoms with E-state index >= 15 is 0 Å². The lowest BCUT2D eigenvalue weighted by atomic mass is 10.1. The number of alkyl halides is 1. The zero-order valence-corrected chi connectivity index (χ0v) is 14.7. The Balaban J connectivity index is 1.54. The predicted molar refractivity (Wildman–Crippen MR) is 94.8 cm³/mol. The second-order valence-electron chi connectivity index (χ2n) is 7.12. The van der Waals surface area contributed by atoms with Gasteiger partial charge in [0.2, 0.25) is 11.8 Å². The summed E-state index contributed by atoms with van der Waals surface area (Å²) in [6.45, 7) is 1.54. The number of rotatable bonds is 5. The SMILES string of the molecule is O=C([C@@H]1C[C@H](F)CN1C(=O)CCCc1ccccc1)N1CCCCC1. The van der Waals surface area contributed by atoms with Gasteiger partial charge in [0.15, 0.2) is 0 Å². The number of carbonyl (C=O) groups excluding carboxylic acids is 2. The fourth-order valence-electron chi connectivity index (χ4n) is 3.85. The molecule has 0 aliphatic carbocycles. The minimum Gasteiger partial charge on any atom is -0.341 e. The van der Waals surface area contributed by atoms with E-state index in [4.69, 9.17) is 0 Å². The van der Waals surface area contributed by atoms with Crippen LogP contribution in [0.1, 0.15) is 44.1 Å². The van der Waals surface area contributed by atoms with Crippen LogP contribution in [0.2, 0.25) is 0 Å². The molecule has 2 aliphatic rings. The first kappa shape index (κ1) is 17.9. The van der Waals surface area contributed by atoms with Gasteiger partial charge in [-0.1, -0.05) is 30.3 Å². The van der Waals surface area contributed by atoms with Gasteiger partial charge in [-0.3, -0.25) is 9.59 Å². The summed E-state index contributed by atoms with van der Waals surface area (Å²) < 4.78 is 13.9. The number of amides is 2. The van der Waals surface area contributed by atoms with E-state index in [1.165, 1.54) is 10.5 Å². The van der Waals surface area contributed by atoms with Crippen LogP contribution in [0.5, 0.6) is 0 Å². The maximum Gasteiger partial charge on any atom is 0.245 e. The standard InChI is InChI=1S/C20H27FN2O2/c21-17-14-18(20(25)22-12-5-2-6-13-22)23(15-17)19(24)11-7-10-16-8-3-1-4-9-16/h1,3-4,8-9,17-18H,2,5-7,10-15H2/t17-,18-/m0/s1. The van der Waals surface area contributed by atoms with E-state index in [0.717, 1.165) is 45.2 Å². The summed E-state index contributed by atoms with van der Waals surface area (Å²) in [5, 5.41) is 0. The Morgan fingerprint density at radius 3 is 2.52 bits per heavy atom. The van der Waals surface area contributed by atoms with E-state index in [1.807, 2.05) is 35.2 Å². The number of likely N-dealkylation sites (tertiary alicyclic amines) is 2. The highest BCUT2D eigenvalue weighted by Gasteiger charge is 2.41. The van der Waals surface area contributed by atoms with Gasteiger partial charge in [0, 0.05) is 25.9 Å². The highest BCUT2D eigenvalue weighted by molar-refractivity contribution is 5.88. The van der Waals surface area contributed by atoms with Gasteiger partial charge in [-0.2, -0.15) is 0 Å². The number of carbonyl (C=O) groups is 2. The molecule has 2 saturated heterocycles. The summed E-state index contributed by atoms with van der Waals surface area (Å²) >= 11 is 0.